The van der Waals surface area contributed by atoms with Crippen LogP contribution in [0.2, 0.25) is 0 Å². The standard InChI is InChI=1S/C11H17NO3/c1-7-3-2-4-8(13)10(7)11(15)9(14)5-6-12/h2-4,9,11,13-15H,5-6,12H2,1H3. The van der Waals surface area contributed by atoms with E-state index in [1.807, 2.05) is 0 Å². The molecule has 0 aliphatic heterocycles. The van der Waals surface area contributed by atoms with Gasteiger partial charge in [-0.3, -0.25) is 0 Å². The smallest absolute Gasteiger partial charge is 0.121 e. The van der Waals surface area contributed by atoms with Gasteiger partial charge in [-0.1, -0.05) is 12.1 Å². The minimum absolute atomic E-state index is 0.00132. The van der Waals surface area contributed by atoms with Gasteiger partial charge in [0.2, 0.25) is 0 Å². The van der Waals surface area contributed by atoms with Gasteiger partial charge in [0.25, 0.3) is 0 Å². The molecule has 0 bridgehead atoms. The van der Waals surface area contributed by atoms with E-state index in [1.165, 1.54) is 6.07 Å². The largest absolute Gasteiger partial charge is 0.508 e. The first kappa shape index (κ1) is 12.0. The van der Waals surface area contributed by atoms with Crippen molar-refractivity contribution in [2.45, 2.75) is 25.6 Å². The van der Waals surface area contributed by atoms with Crippen molar-refractivity contribution in [3.63, 3.8) is 0 Å². The van der Waals surface area contributed by atoms with Crippen LogP contribution in [0.25, 0.3) is 0 Å². The number of benzene rings is 1. The summed E-state index contributed by atoms with van der Waals surface area (Å²) >= 11 is 0. The molecule has 2 atom stereocenters. The summed E-state index contributed by atoms with van der Waals surface area (Å²) in [5.41, 5.74) is 6.41. The maximum absolute atomic E-state index is 9.82. The molecule has 0 aliphatic carbocycles. The van der Waals surface area contributed by atoms with E-state index in [0.717, 1.165) is 5.56 Å². The van der Waals surface area contributed by atoms with Gasteiger partial charge < -0.3 is 21.1 Å². The average molecular weight is 211 g/mol. The van der Waals surface area contributed by atoms with Crippen LogP contribution in [0.5, 0.6) is 5.75 Å². The fourth-order valence-electron chi connectivity index (χ4n) is 1.57. The number of aromatic hydroxyl groups is 1. The second-order valence-electron chi connectivity index (χ2n) is 3.60. The van der Waals surface area contributed by atoms with E-state index in [1.54, 1.807) is 19.1 Å². The number of phenols is 1. The molecule has 0 spiro atoms. The van der Waals surface area contributed by atoms with Crippen molar-refractivity contribution in [1.29, 1.82) is 0 Å². The minimum atomic E-state index is -1.09. The molecule has 0 aliphatic rings. The van der Waals surface area contributed by atoms with Gasteiger partial charge in [0.1, 0.15) is 11.9 Å². The SMILES string of the molecule is Cc1cccc(O)c1C(O)C(O)CCN. The first-order valence-electron chi connectivity index (χ1n) is 4.92. The molecule has 15 heavy (non-hydrogen) atoms. The first-order valence-corrected chi connectivity index (χ1v) is 4.92. The number of hydrogen-bond donors (Lipinski definition) is 4. The van der Waals surface area contributed by atoms with Crippen molar-refractivity contribution in [2.24, 2.45) is 5.73 Å². The number of phenolic OH excluding ortho intramolecular Hbond substituents is 1. The van der Waals surface area contributed by atoms with E-state index in [-0.39, 0.29) is 5.75 Å². The number of aliphatic hydroxyl groups is 2. The predicted octanol–water partition coefficient (Wildman–Crippen LogP) is 0.444. The Bertz CT molecular complexity index is 307. The van der Waals surface area contributed by atoms with Gasteiger partial charge >= 0.3 is 0 Å². The predicted molar refractivity (Wildman–Crippen MR) is 57.5 cm³/mol. The lowest BCUT2D eigenvalue weighted by Gasteiger charge is -2.20. The van der Waals surface area contributed by atoms with E-state index in [9.17, 15) is 15.3 Å². The molecular weight excluding hydrogens is 194 g/mol. The molecule has 0 aromatic heterocycles. The lowest BCUT2D eigenvalue weighted by molar-refractivity contribution is 0.0133. The average Bonchev–Trinajstić information content (AvgIpc) is 2.17. The van der Waals surface area contributed by atoms with Gasteiger partial charge in [0.05, 0.1) is 6.10 Å². The lowest BCUT2D eigenvalue weighted by Crippen LogP contribution is -2.22. The highest BCUT2D eigenvalue weighted by Gasteiger charge is 2.22. The van der Waals surface area contributed by atoms with Gasteiger partial charge in [-0.2, -0.15) is 0 Å². The van der Waals surface area contributed by atoms with Gasteiger partial charge in [-0.15, -0.1) is 0 Å². The van der Waals surface area contributed by atoms with E-state index in [0.29, 0.717) is 18.5 Å². The van der Waals surface area contributed by atoms with E-state index in [2.05, 4.69) is 0 Å². The third-order valence-corrected chi connectivity index (χ3v) is 2.42. The fourth-order valence-corrected chi connectivity index (χ4v) is 1.57. The Kier molecular flexibility index (Phi) is 4.08. The monoisotopic (exact) mass is 211 g/mol. The Morgan fingerprint density at radius 2 is 2.00 bits per heavy atom. The third kappa shape index (κ3) is 2.68. The molecule has 0 saturated carbocycles. The van der Waals surface area contributed by atoms with Crippen LogP contribution in [0.4, 0.5) is 0 Å². The first-order chi connectivity index (χ1) is 7.07. The Morgan fingerprint density at radius 3 is 2.53 bits per heavy atom. The van der Waals surface area contributed by atoms with E-state index in [4.69, 9.17) is 5.73 Å². The van der Waals surface area contributed by atoms with Crippen LogP contribution in [0.3, 0.4) is 0 Å². The van der Waals surface area contributed by atoms with Crippen molar-refractivity contribution in [3.8, 4) is 5.75 Å². The van der Waals surface area contributed by atoms with Crippen molar-refractivity contribution in [1.82, 2.24) is 0 Å². The van der Waals surface area contributed by atoms with Gasteiger partial charge in [0, 0.05) is 5.56 Å². The van der Waals surface area contributed by atoms with Crippen LogP contribution in [-0.4, -0.2) is 28.0 Å². The Labute approximate surface area is 89.0 Å². The summed E-state index contributed by atoms with van der Waals surface area (Å²) in [4.78, 5) is 0. The Morgan fingerprint density at radius 1 is 1.33 bits per heavy atom. The summed E-state index contributed by atoms with van der Waals surface area (Å²) in [6, 6.07) is 4.95. The summed E-state index contributed by atoms with van der Waals surface area (Å²) in [6.07, 6.45) is -1.73. The van der Waals surface area contributed by atoms with Crippen LogP contribution >= 0.6 is 0 Å². The molecule has 4 heteroatoms. The second-order valence-corrected chi connectivity index (χ2v) is 3.60. The third-order valence-electron chi connectivity index (χ3n) is 2.42. The number of aryl methyl sites for hydroxylation is 1. The summed E-state index contributed by atoms with van der Waals surface area (Å²) < 4.78 is 0. The van der Waals surface area contributed by atoms with Crippen LogP contribution in [-0.2, 0) is 0 Å². The molecule has 5 N–H and O–H groups in total. The summed E-state index contributed by atoms with van der Waals surface area (Å²) in [5.74, 6) is -0.00132. The topological polar surface area (TPSA) is 86.7 Å². The summed E-state index contributed by atoms with van der Waals surface area (Å²) in [6.45, 7) is 2.07. The molecule has 0 amide bonds. The minimum Gasteiger partial charge on any atom is -0.508 e. The molecule has 1 aromatic rings. The molecule has 84 valence electrons. The highest BCUT2D eigenvalue weighted by Crippen LogP contribution is 2.30. The maximum Gasteiger partial charge on any atom is 0.121 e. The second kappa shape index (κ2) is 5.11. The van der Waals surface area contributed by atoms with Crippen LogP contribution in [0.15, 0.2) is 18.2 Å². The molecule has 0 heterocycles. The van der Waals surface area contributed by atoms with Crippen LogP contribution in [0, 0.1) is 6.92 Å². The van der Waals surface area contributed by atoms with Crippen molar-refractivity contribution < 1.29 is 15.3 Å². The summed E-state index contributed by atoms with van der Waals surface area (Å²) in [7, 11) is 0. The molecule has 4 nitrogen and oxygen atoms in total. The van der Waals surface area contributed by atoms with Crippen molar-refractivity contribution in [2.75, 3.05) is 6.54 Å². The zero-order chi connectivity index (χ0) is 11.4. The molecule has 0 saturated heterocycles. The van der Waals surface area contributed by atoms with E-state index < -0.39 is 12.2 Å². The molecule has 0 radical (unpaired) electrons. The quantitative estimate of drug-likeness (QED) is 0.582. The van der Waals surface area contributed by atoms with Crippen molar-refractivity contribution >= 4 is 0 Å². The van der Waals surface area contributed by atoms with Gasteiger partial charge in [-0.25, -0.2) is 0 Å². The number of aliphatic hydroxyl groups excluding tert-OH is 2. The molecule has 1 aromatic carbocycles. The number of rotatable bonds is 4. The normalized spacial score (nSPS) is 14.9. The number of hydrogen-bond acceptors (Lipinski definition) is 4. The molecule has 2 unspecified atom stereocenters. The fraction of sp³-hybridized carbons (Fsp3) is 0.455. The van der Waals surface area contributed by atoms with E-state index >= 15 is 0 Å². The molecule has 0 fully saturated rings. The van der Waals surface area contributed by atoms with Gasteiger partial charge in [0.15, 0.2) is 0 Å². The Hall–Kier alpha value is -1.10. The number of nitrogens with two attached hydrogens (primary N) is 1. The highest BCUT2D eigenvalue weighted by atomic mass is 16.3. The summed E-state index contributed by atoms with van der Waals surface area (Å²) in [5, 5.41) is 29.0. The molecule has 1 rings (SSSR count). The van der Waals surface area contributed by atoms with Gasteiger partial charge in [-0.05, 0) is 31.5 Å². The van der Waals surface area contributed by atoms with Crippen LogP contribution < -0.4 is 5.73 Å². The van der Waals surface area contributed by atoms with Crippen LogP contribution in [0.1, 0.15) is 23.7 Å². The lowest BCUT2D eigenvalue weighted by atomic mass is 9.97. The zero-order valence-electron chi connectivity index (χ0n) is 8.72. The molecular formula is C11H17NO3. The zero-order valence-corrected chi connectivity index (χ0v) is 8.72. The highest BCUT2D eigenvalue weighted by molar-refractivity contribution is 5.40. The maximum atomic E-state index is 9.82. The van der Waals surface area contributed by atoms with Crippen molar-refractivity contribution in [3.05, 3.63) is 29.3 Å². The Balaban J connectivity index is 2.94.